The summed E-state index contributed by atoms with van der Waals surface area (Å²) in [7, 11) is 1.79. The highest BCUT2D eigenvalue weighted by atomic mass is 32.1. The van der Waals surface area contributed by atoms with Crippen molar-refractivity contribution < 1.29 is 14.7 Å². The second-order valence-electron chi connectivity index (χ2n) is 5.15. The van der Waals surface area contributed by atoms with E-state index in [0.717, 1.165) is 25.7 Å². The highest BCUT2D eigenvalue weighted by Crippen LogP contribution is 2.20. The number of carboxylic acid groups (broad SMARTS) is 1. The van der Waals surface area contributed by atoms with E-state index in [9.17, 15) is 9.59 Å². The third-order valence-corrected chi connectivity index (χ3v) is 4.51. The molecule has 114 valence electrons. The minimum absolute atomic E-state index is 0.0470. The van der Waals surface area contributed by atoms with Gasteiger partial charge in [-0.25, -0.2) is 4.79 Å². The van der Waals surface area contributed by atoms with E-state index in [4.69, 9.17) is 5.11 Å². The number of rotatable bonds is 6. The van der Waals surface area contributed by atoms with E-state index in [1.165, 1.54) is 30.3 Å². The summed E-state index contributed by atoms with van der Waals surface area (Å²) < 4.78 is 0. The molecule has 0 saturated carbocycles. The number of thiophene rings is 1. The molecule has 1 aromatic rings. The predicted octanol–water partition coefficient (Wildman–Crippen LogP) is 2.01. The number of carbonyl (C=O) groups excluding carboxylic acids is 1. The minimum atomic E-state index is -1.01. The molecular weight excluding hydrogens is 288 g/mol. The maximum atomic E-state index is 12.4. The molecule has 2 rings (SSSR count). The quantitative estimate of drug-likeness (QED) is 0.817. The first-order valence-corrected chi connectivity index (χ1v) is 7.92. The molecule has 1 aromatic heterocycles. The molecule has 0 aliphatic carbocycles. The van der Waals surface area contributed by atoms with Crippen molar-refractivity contribution in [3.8, 4) is 0 Å². The van der Waals surface area contributed by atoms with Crippen molar-refractivity contribution in [3.63, 3.8) is 0 Å². The van der Waals surface area contributed by atoms with E-state index in [0.29, 0.717) is 17.0 Å². The Balaban J connectivity index is 1.95. The van der Waals surface area contributed by atoms with E-state index in [2.05, 4.69) is 4.90 Å². The first-order chi connectivity index (χ1) is 10.1. The van der Waals surface area contributed by atoms with Gasteiger partial charge in [-0.2, -0.15) is 0 Å². The van der Waals surface area contributed by atoms with Crippen molar-refractivity contribution in [2.24, 2.45) is 0 Å². The fourth-order valence-electron chi connectivity index (χ4n) is 2.36. The molecule has 1 aliphatic heterocycles. The van der Waals surface area contributed by atoms with Crippen molar-refractivity contribution in [1.29, 1.82) is 0 Å². The van der Waals surface area contributed by atoms with E-state index in [1.807, 2.05) is 5.38 Å². The molecule has 1 saturated heterocycles. The predicted molar refractivity (Wildman–Crippen MR) is 83.6 cm³/mol. The molecule has 0 unspecified atom stereocenters. The molecule has 1 aliphatic rings. The Labute approximate surface area is 128 Å². The van der Waals surface area contributed by atoms with Gasteiger partial charge in [0.05, 0.1) is 4.88 Å². The summed E-state index contributed by atoms with van der Waals surface area (Å²) in [5, 5.41) is 10.5. The van der Waals surface area contributed by atoms with Gasteiger partial charge in [0.2, 0.25) is 0 Å². The summed E-state index contributed by atoms with van der Waals surface area (Å²) in [6, 6.07) is 1.77. The van der Waals surface area contributed by atoms with E-state index >= 15 is 0 Å². The third-order valence-electron chi connectivity index (χ3n) is 3.59. The molecule has 5 nitrogen and oxygen atoms in total. The van der Waals surface area contributed by atoms with Gasteiger partial charge in [-0.05, 0) is 49.0 Å². The summed E-state index contributed by atoms with van der Waals surface area (Å²) >= 11 is 1.35. The van der Waals surface area contributed by atoms with Crippen LogP contribution in [0, 0.1) is 0 Å². The van der Waals surface area contributed by atoms with Crippen LogP contribution in [0.25, 0.3) is 6.08 Å². The zero-order chi connectivity index (χ0) is 15.2. The first-order valence-electron chi connectivity index (χ1n) is 7.04. The van der Waals surface area contributed by atoms with Crippen LogP contribution in [0.5, 0.6) is 0 Å². The fourth-order valence-corrected chi connectivity index (χ4v) is 3.24. The summed E-state index contributed by atoms with van der Waals surface area (Å²) in [5.74, 6) is -1.06. The molecule has 0 radical (unpaired) electrons. The van der Waals surface area contributed by atoms with Gasteiger partial charge in [0.25, 0.3) is 5.91 Å². The average molecular weight is 308 g/mol. The zero-order valence-corrected chi connectivity index (χ0v) is 12.9. The smallest absolute Gasteiger partial charge is 0.328 e. The normalized spacial score (nSPS) is 15.7. The van der Waals surface area contributed by atoms with Gasteiger partial charge < -0.3 is 14.9 Å². The monoisotopic (exact) mass is 308 g/mol. The van der Waals surface area contributed by atoms with Crippen LogP contribution in [0.4, 0.5) is 0 Å². The lowest BCUT2D eigenvalue weighted by Gasteiger charge is -2.21. The lowest BCUT2D eigenvalue weighted by atomic mass is 10.2. The molecular formula is C15H20N2O3S. The number of aliphatic carboxylic acids is 1. The van der Waals surface area contributed by atoms with Gasteiger partial charge in [-0.1, -0.05) is 0 Å². The topological polar surface area (TPSA) is 60.9 Å². The molecule has 6 heteroatoms. The Morgan fingerprint density at radius 3 is 2.81 bits per heavy atom. The van der Waals surface area contributed by atoms with Crippen molar-refractivity contribution >= 4 is 29.3 Å². The number of likely N-dealkylation sites (N-methyl/N-ethyl adjacent to an activating group) is 1. The number of nitrogens with zero attached hydrogens (tertiary/aromatic N) is 2. The van der Waals surface area contributed by atoms with Gasteiger partial charge >= 0.3 is 5.97 Å². The molecule has 0 atom stereocenters. The first kappa shape index (κ1) is 15.7. The van der Waals surface area contributed by atoms with Gasteiger partial charge in [0, 0.05) is 26.2 Å². The molecule has 0 bridgehead atoms. The second-order valence-corrected chi connectivity index (χ2v) is 6.07. The number of amides is 1. The lowest BCUT2D eigenvalue weighted by molar-refractivity contribution is -0.131. The number of carboxylic acids is 1. The lowest BCUT2D eigenvalue weighted by Crippen LogP contribution is -2.35. The standard InChI is InChI=1S/C15H20N2O3S/c1-16(9-10-17-7-2-3-8-17)15(20)14-12(6-11-21-14)4-5-13(18)19/h4-6,11H,2-3,7-10H2,1H3,(H,18,19). The number of likely N-dealkylation sites (tertiary alicyclic amines) is 1. The summed E-state index contributed by atoms with van der Waals surface area (Å²) in [4.78, 5) is 27.7. The Hall–Kier alpha value is -1.66. The number of hydrogen-bond donors (Lipinski definition) is 1. The van der Waals surface area contributed by atoms with Crippen molar-refractivity contribution in [2.45, 2.75) is 12.8 Å². The van der Waals surface area contributed by atoms with Crippen molar-refractivity contribution in [2.75, 3.05) is 33.2 Å². The largest absolute Gasteiger partial charge is 0.478 e. The Bertz CT molecular complexity index is 533. The Morgan fingerprint density at radius 1 is 1.43 bits per heavy atom. The van der Waals surface area contributed by atoms with Gasteiger partial charge in [-0.3, -0.25) is 4.79 Å². The number of hydrogen-bond acceptors (Lipinski definition) is 4. The van der Waals surface area contributed by atoms with Crippen LogP contribution in [0.1, 0.15) is 28.1 Å². The summed E-state index contributed by atoms with van der Waals surface area (Å²) in [6.07, 6.45) is 5.02. The minimum Gasteiger partial charge on any atom is -0.478 e. The number of carbonyl (C=O) groups is 2. The van der Waals surface area contributed by atoms with Crippen LogP contribution in [-0.4, -0.2) is 60.0 Å². The summed E-state index contributed by atoms with van der Waals surface area (Å²) in [5.41, 5.74) is 0.667. The van der Waals surface area contributed by atoms with Gasteiger partial charge in [0.1, 0.15) is 0 Å². The van der Waals surface area contributed by atoms with Gasteiger partial charge in [0.15, 0.2) is 0 Å². The van der Waals surface area contributed by atoms with E-state index < -0.39 is 5.97 Å². The molecule has 0 spiro atoms. The van der Waals surface area contributed by atoms with E-state index in [-0.39, 0.29) is 5.91 Å². The van der Waals surface area contributed by atoms with Crippen LogP contribution < -0.4 is 0 Å². The van der Waals surface area contributed by atoms with Crippen LogP contribution in [0.3, 0.4) is 0 Å². The van der Waals surface area contributed by atoms with Gasteiger partial charge in [-0.15, -0.1) is 11.3 Å². The van der Waals surface area contributed by atoms with Crippen LogP contribution >= 0.6 is 11.3 Å². The summed E-state index contributed by atoms with van der Waals surface area (Å²) in [6.45, 7) is 3.83. The maximum absolute atomic E-state index is 12.4. The fraction of sp³-hybridized carbons (Fsp3) is 0.467. The molecule has 1 fully saturated rings. The highest BCUT2D eigenvalue weighted by Gasteiger charge is 2.18. The van der Waals surface area contributed by atoms with Crippen LogP contribution in [0.2, 0.25) is 0 Å². The molecule has 2 heterocycles. The maximum Gasteiger partial charge on any atom is 0.328 e. The SMILES string of the molecule is CN(CCN1CCCC1)C(=O)c1sccc1C=CC(=O)O. The van der Waals surface area contributed by atoms with Crippen LogP contribution in [-0.2, 0) is 4.79 Å². The Morgan fingerprint density at radius 2 is 2.14 bits per heavy atom. The third kappa shape index (κ3) is 4.41. The van der Waals surface area contributed by atoms with Crippen LogP contribution in [0.15, 0.2) is 17.5 Å². The highest BCUT2D eigenvalue weighted by molar-refractivity contribution is 7.12. The molecule has 21 heavy (non-hydrogen) atoms. The van der Waals surface area contributed by atoms with Crippen molar-refractivity contribution in [1.82, 2.24) is 9.80 Å². The van der Waals surface area contributed by atoms with Crippen molar-refractivity contribution in [3.05, 3.63) is 28.0 Å². The molecule has 1 N–H and O–H groups in total. The second kappa shape index (κ2) is 7.38. The molecule has 1 amide bonds. The van der Waals surface area contributed by atoms with E-state index in [1.54, 1.807) is 18.0 Å². The average Bonchev–Trinajstić information content (AvgIpc) is 3.12. The molecule has 0 aromatic carbocycles. The Kier molecular flexibility index (Phi) is 5.52. The zero-order valence-electron chi connectivity index (χ0n) is 12.1.